The Morgan fingerprint density at radius 2 is 1.74 bits per heavy atom. The quantitative estimate of drug-likeness (QED) is 0.0962. The first-order valence-electron chi connectivity index (χ1n) is 13.7. The van der Waals surface area contributed by atoms with Gasteiger partial charge < -0.3 is 19.0 Å². The lowest BCUT2D eigenvalue weighted by atomic mass is 10.0. The highest BCUT2D eigenvalue weighted by Gasteiger charge is 2.17. The summed E-state index contributed by atoms with van der Waals surface area (Å²) in [4.78, 5) is 37.3. The molecular weight excluding hydrogens is 516 g/mol. The van der Waals surface area contributed by atoms with Gasteiger partial charge in [-0.2, -0.15) is 0 Å². The van der Waals surface area contributed by atoms with E-state index in [0.29, 0.717) is 60.5 Å². The molecule has 0 bridgehead atoms. The standard InChI is InChI=1S/C31H38O7S/c1-5-9-24-27(14-12-23-26(33)19-21(38-31(23)24)11-16-29(34)36-7-3)37-17-8-18-39-28-15-13-22(20(4)32)30(35)25(28)10-6-2/h12-15,19,35H,5-11,16-18H2,1-4H3. The highest BCUT2D eigenvalue weighted by atomic mass is 32.2. The van der Waals surface area contributed by atoms with Crippen LogP contribution in [0.1, 0.15) is 80.6 Å². The monoisotopic (exact) mass is 554 g/mol. The first kappa shape index (κ1) is 30.3. The van der Waals surface area contributed by atoms with Crippen molar-refractivity contribution in [3.63, 3.8) is 0 Å². The number of hydrogen-bond donors (Lipinski definition) is 1. The van der Waals surface area contributed by atoms with E-state index in [0.717, 1.165) is 41.0 Å². The van der Waals surface area contributed by atoms with Crippen LogP contribution in [0.15, 0.2) is 44.4 Å². The van der Waals surface area contributed by atoms with E-state index in [4.69, 9.17) is 13.9 Å². The van der Waals surface area contributed by atoms with E-state index >= 15 is 0 Å². The molecule has 0 radical (unpaired) electrons. The van der Waals surface area contributed by atoms with Crippen LogP contribution in [0.3, 0.4) is 0 Å². The van der Waals surface area contributed by atoms with E-state index in [1.165, 1.54) is 13.0 Å². The summed E-state index contributed by atoms with van der Waals surface area (Å²) in [6.07, 6.45) is 4.31. The molecule has 0 saturated heterocycles. The maximum Gasteiger partial charge on any atom is 0.306 e. The number of aryl methyl sites for hydroxylation is 2. The number of thioether (sulfide) groups is 1. The molecule has 1 N–H and O–H groups in total. The summed E-state index contributed by atoms with van der Waals surface area (Å²) in [5, 5.41) is 11.1. The summed E-state index contributed by atoms with van der Waals surface area (Å²) in [5.74, 6) is 1.54. The number of hydrogen-bond acceptors (Lipinski definition) is 8. The molecular formula is C31H38O7S. The zero-order valence-corrected chi connectivity index (χ0v) is 24.1. The van der Waals surface area contributed by atoms with Crippen molar-refractivity contribution >= 4 is 34.5 Å². The number of esters is 1. The van der Waals surface area contributed by atoms with Gasteiger partial charge >= 0.3 is 5.97 Å². The van der Waals surface area contributed by atoms with Crippen molar-refractivity contribution in [2.75, 3.05) is 19.0 Å². The topological polar surface area (TPSA) is 103 Å². The fraction of sp³-hybridized carbons (Fsp3) is 0.452. The summed E-state index contributed by atoms with van der Waals surface area (Å²) in [7, 11) is 0. The number of benzene rings is 2. The van der Waals surface area contributed by atoms with Gasteiger partial charge in [-0.1, -0.05) is 26.7 Å². The average molecular weight is 555 g/mol. The molecule has 8 heteroatoms. The third kappa shape index (κ3) is 7.88. The predicted octanol–water partition coefficient (Wildman–Crippen LogP) is 6.66. The van der Waals surface area contributed by atoms with Crippen LogP contribution in [0.25, 0.3) is 11.0 Å². The number of fused-ring (bicyclic) bond motifs is 1. The van der Waals surface area contributed by atoms with Crippen LogP contribution in [-0.2, 0) is 28.8 Å². The Labute approximate surface area is 233 Å². The van der Waals surface area contributed by atoms with Gasteiger partial charge in [0.1, 0.15) is 22.8 Å². The molecule has 1 aromatic heterocycles. The predicted molar refractivity (Wildman–Crippen MR) is 154 cm³/mol. The minimum absolute atomic E-state index is 0.0917. The SMILES string of the molecule is CCCc1c(SCCCOc2ccc3c(=O)cc(CCC(=O)OCC)oc3c2CCC)ccc(C(C)=O)c1O. The van der Waals surface area contributed by atoms with Crippen LogP contribution in [-0.4, -0.2) is 35.8 Å². The van der Waals surface area contributed by atoms with Crippen molar-refractivity contribution in [2.24, 2.45) is 0 Å². The van der Waals surface area contributed by atoms with Crippen LogP contribution >= 0.6 is 11.8 Å². The van der Waals surface area contributed by atoms with Crippen LogP contribution in [0.4, 0.5) is 0 Å². The van der Waals surface area contributed by atoms with E-state index in [-0.39, 0.29) is 29.4 Å². The molecule has 0 spiro atoms. The Morgan fingerprint density at radius 1 is 1.00 bits per heavy atom. The van der Waals surface area contributed by atoms with Crippen molar-refractivity contribution < 1.29 is 28.6 Å². The van der Waals surface area contributed by atoms with Gasteiger partial charge in [0.25, 0.3) is 0 Å². The lowest BCUT2D eigenvalue weighted by molar-refractivity contribution is -0.143. The molecule has 0 aliphatic carbocycles. The Morgan fingerprint density at radius 3 is 2.44 bits per heavy atom. The summed E-state index contributed by atoms with van der Waals surface area (Å²) < 4.78 is 17.3. The molecule has 210 valence electrons. The van der Waals surface area contributed by atoms with Crippen molar-refractivity contribution in [2.45, 2.75) is 77.5 Å². The summed E-state index contributed by atoms with van der Waals surface area (Å²) >= 11 is 1.64. The third-order valence-electron chi connectivity index (χ3n) is 6.31. The zero-order valence-electron chi connectivity index (χ0n) is 23.3. The Balaban J connectivity index is 1.71. The molecule has 3 rings (SSSR count). The molecule has 3 aromatic rings. The number of aromatic hydroxyl groups is 1. The molecule has 39 heavy (non-hydrogen) atoms. The molecule has 0 amide bonds. The van der Waals surface area contributed by atoms with E-state index in [2.05, 4.69) is 6.92 Å². The van der Waals surface area contributed by atoms with Gasteiger partial charge in [0.2, 0.25) is 0 Å². The number of carbonyl (C=O) groups excluding carboxylic acids is 2. The maximum absolute atomic E-state index is 12.8. The van der Waals surface area contributed by atoms with E-state index in [1.807, 2.05) is 19.1 Å². The first-order chi connectivity index (χ1) is 18.8. The second-order valence-electron chi connectivity index (χ2n) is 9.35. The molecule has 0 unspecified atom stereocenters. The number of rotatable bonds is 15. The summed E-state index contributed by atoms with van der Waals surface area (Å²) in [5.41, 5.74) is 2.41. The highest BCUT2D eigenvalue weighted by Crippen LogP contribution is 2.34. The van der Waals surface area contributed by atoms with Crippen molar-refractivity contribution in [1.29, 1.82) is 0 Å². The Hall–Kier alpha value is -3.26. The molecule has 2 aromatic carbocycles. The molecule has 0 atom stereocenters. The zero-order chi connectivity index (χ0) is 28.4. The Bertz CT molecular complexity index is 1360. The van der Waals surface area contributed by atoms with Gasteiger partial charge in [-0.25, -0.2) is 0 Å². The fourth-order valence-corrected chi connectivity index (χ4v) is 5.48. The molecule has 0 aliphatic heterocycles. The van der Waals surface area contributed by atoms with Gasteiger partial charge in [-0.05, 0) is 57.4 Å². The van der Waals surface area contributed by atoms with Crippen LogP contribution in [0.5, 0.6) is 11.5 Å². The molecule has 0 fully saturated rings. The summed E-state index contributed by atoms with van der Waals surface area (Å²) in [6, 6.07) is 8.61. The fourth-order valence-electron chi connectivity index (χ4n) is 4.46. The maximum atomic E-state index is 12.8. The van der Waals surface area contributed by atoms with Crippen molar-refractivity contribution in [3.8, 4) is 11.5 Å². The van der Waals surface area contributed by atoms with E-state index < -0.39 is 0 Å². The number of ether oxygens (including phenoxy) is 2. The molecule has 7 nitrogen and oxygen atoms in total. The second kappa shape index (κ2) is 14.8. The van der Waals surface area contributed by atoms with Crippen molar-refractivity contribution in [1.82, 2.24) is 0 Å². The lowest BCUT2D eigenvalue weighted by Gasteiger charge is -2.15. The Kier molecular flexibility index (Phi) is 11.5. The van der Waals surface area contributed by atoms with Crippen LogP contribution in [0, 0.1) is 0 Å². The number of Topliss-reactive ketones (excluding diaryl/α,β-unsaturated/α-hetero) is 1. The normalized spacial score (nSPS) is 11.1. The van der Waals surface area contributed by atoms with Gasteiger partial charge in [0.05, 0.1) is 30.6 Å². The molecule has 0 aliphatic rings. The average Bonchev–Trinajstić information content (AvgIpc) is 2.90. The van der Waals surface area contributed by atoms with Gasteiger partial charge in [0.15, 0.2) is 11.2 Å². The summed E-state index contributed by atoms with van der Waals surface area (Å²) in [6.45, 7) is 8.11. The largest absolute Gasteiger partial charge is 0.507 e. The van der Waals surface area contributed by atoms with Crippen LogP contribution in [0.2, 0.25) is 0 Å². The van der Waals surface area contributed by atoms with Gasteiger partial charge in [-0.15, -0.1) is 11.8 Å². The van der Waals surface area contributed by atoms with E-state index in [9.17, 15) is 19.5 Å². The minimum atomic E-state index is -0.323. The second-order valence-corrected chi connectivity index (χ2v) is 10.5. The lowest BCUT2D eigenvalue weighted by Crippen LogP contribution is -2.09. The smallest absolute Gasteiger partial charge is 0.306 e. The van der Waals surface area contributed by atoms with Crippen LogP contribution < -0.4 is 10.2 Å². The van der Waals surface area contributed by atoms with Gasteiger partial charge in [0, 0.05) is 34.3 Å². The third-order valence-corrected chi connectivity index (χ3v) is 7.50. The first-order valence-corrected chi connectivity index (χ1v) is 14.6. The number of phenolic OH excluding ortho intramolecular Hbond substituents is 1. The molecule has 1 heterocycles. The number of carbonyl (C=O) groups is 2. The number of phenols is 1. The molecule has 0 saturated carbocycles. The van der Waals surface area contributed by atoms with Gasteiger partial charge in [-0.3, -0.25) is 14.4 Å². The number of ketones is 1. The van der Waals surface area contributed by atoms with Crippen molar-refractivity contribution in [3.05, 3.63) is 63.0 Å². The highest BCUT2D eigenvalue weighted by molar-refractivity contribution is 7.99. The minimum Gasteiger partial charge on any atom is -0.507 e. The van der Waals surface area contributed by atoms with E-state index in [1.54, 1.807) is 30.8 Å².